The fourth-order valence-electron chi connectivity index (χ4n) is 7.43. The molecule has 0 aliphatic carbocycles. The number of hydrogen-bond donors (Lipinski definition) is 0. The smallest absolute Gasteiger partial charge is 0.306 e. The molecule has 0 spiro atoms. The van der Waals surface area contributed by atoms with Gasteiger partial charge < -0.3 is 14.1 Å². The van der Waals surface area contributed by atoms with Crippen molar-refractivity contribution in [3.05, 3.63) is 130 Å². The van der Waals surface area contributed by atoms with Gasteiger partial charge in [0.05, 0.1) is 32.2 Å². The summed E-state index contributed by atoms with van der Waals surface area (Å²) in [4.78, 5) is 29.4. The van der Waals surface area contributed by atoms with Crippen molar-refractivity contribution in [2.24, 2.45) is 5.92 Å². The van der Waals surface area contributed by atoms with Gasteiger partial charge in [0, 0.05) is 21.9 Å². The first-order valence-corrected chi connectivity index (χ1v) is 19.3. The molecule has 8 heteroatoms. The minimum absolute atomic E-state index is 0.00222. The Morgan fingerprint density at radius 2 is 1.46 bits per heavy atom. The van der Waals surface area contributed by atoms with Crippen LogP contribution in [-0.4, -0.2) is 44.9 Å². The van der Waals surface area contributed by atoms with E-state index in [0.717, 1.165) is 11.1 Å². The van der Waals surface area contributed by atoms with Crippen molar-refractivity contribution in [3.8, 4) is 0 Å². The number of rotatable bonds is 11. The fraction of sp³-hybridized carbons (Fsp3) is 0.350. The summed E-state index contributed by atoms with van der Waals surface area (Å²) in [5.74, 6) is -1.18. The van der Waals surface area contributed by atoms with E-state index in [-0.39, 0.29) is 35.4 Å². The molecule has 1 saturated heterocycles. The largest absolute Gasteiger partial charge is 0.469 e. The summed E-state index contributed by atoms with van der Waals surface area (Å²) in [6.07, 6.45) is 1.13. The number of halogens is 2. The van der Waals surface area contributed by atoms with Gasteiger partial charge >= 0.3 is 5.97 Å². The third-order valence-corrected chi connectivity index (χ3v) is 15.2. The van der Waals surface area contributed by atoms with Crippen molar-refractivity contribution < 1.29 is 18.8 Å². The van der Waals surface area contributed by atoms with E-state index in [1.54, 1.807) is 0 Å². The average Bonchev–Trinajstić information content (AvgIpc) is 3.08. The third-order valence-electron chi connectivity index (χ3n) is 9.73. The minimum Gasteiger partial charge on any atom is -0.469 e. The first-order valence-electron chi connectivity index (χ1n) is 16.6. The quantitative estimate of drug-likeness (QED) is 0.116. The lowest BCUT2D eigenvalue weighted by molar-refractivity contribution is -0.154. The maximum atomic E-state index is 14.8. The number of piperidine rings is 1. The molecule has 0 saturated carbocycles. The van der Waals surface area contributed by atoms with Crippen molar-refractivity contribution in [2.75, 3.05) is 13.7 Å². The number of likely N-dealkylation sites (tertiary alicyclic amines) is 1. The highest BCUT2D eigenvalue weighted by atomic mass is 35.5. The van der Waals surface area contributed by atoms with Crippen LogP contribution in [0.5, 0.6) is 0 Å². The molecule has 5 nitrogen and oxygen atoms in total. The third kappa shape index (κ3) is 7.42. The zero-order valence-electron chi connectivity index (χ0n) is 28.4. The topological polar surface area (TPSA) is 55.8 Å². The lowest BCUT2D eigenvalue weighted by Gasteiger charge is -2.50. The van der Waals surface area contributed by atoms with Crippen LogP contribution in [0.2, 0.25) is 15.1 Å². The van der Waals surface area contributed by atoms with E-state index in [0.29, 0.717) is 29.5 Å². The lowest BCUT2D eigenvalue weighted by atomic mass is 9.74. The molecule has 0 N–H and O–H groups in total. The molecule has 5 rings (SSSR count). The van der Waals surface area contributed by atoms with Crippen LogP contribution in [0.1, 0.15) is 70.0 Å². The van der Waals surface area contributed by atoms with Gasteiger partial charge in [-0.25, -0.2) is 0 Å². The molecule has 4 atom stereocenters. The highest BCUT2D eigenvalue weighted by molar-refractivity contribution is 6.99. The highest BCUT2D eigenvalue weighted by Gasteiger charge is 2.52. The molecule has 4 aromatic rings. The number of esters is 1. The summed E-state index contributed by atoms with van der Waals surface area (Å²) in [7, 11) is -1.54. The van der Waals surface area contributed by atoms with Crippen molar-refractivity contribution in [3.63, 3.8) is 0 Å². The SMILES string of the molecule is CCC(CO[Si](c1ccccc1)(c1ccccc1)C(C)(C)C)N1C(=O)C(CC(=O)OC)CC(c2cccc(Cl)c2)C1c1ccc(Cl)cc1. The van der Waals surface area contributed by atoms with E-state index >= 15 is 0 Å². The highest BCUT2D eigenvalue weighted by Crippen LogP contribution is 2.48. The van der Waals surface area contributed by atoms with E-state index in [1.165, 1.54) is 17.5 Å². The number of carbonyl (C=O) groups excluding carboxylic acids is 2. The minimum atomic E-state index is -2.91. The molecule has 4 unspecified atom stereocenters. The first kappa shape index (κ1) is 35.9. The zero-order valence-corrected chi connectivity index (χ0v) is 30.9. The molecule has 0 bridgehead atoms. The van der Waals surface area contributed by atoms with E-state index < -0.39 is 20.2 Å². The summed E-state index contributed by atoms with van der Waals surface area (Å²) in [6, 6.07) is 36.0. The summed E-state index contributed by atoms with van der Waals surface area (Å²) >= 11 is 12.9. The van der Waals surface area contributed by atoms with Crippen molar-refractivity contribution in [1.29, 1.82) is 0 Å². The Labute approximate surface area is 296 Å². The van der Waals surface area contributed by atoms with Gasteiger partial charge in [0.15, 0.2) is 0 Å². The van der Waals surface area contributed by atoms with Gasteiger partial charge in [0.1, 0.15) is 0 Å². The van der Waals surface area contributed by atoms with Gasteiger partial charge in [-0.05, 0) is 63.6 Å². The van der Waals surface area contributed by atoms with Gasteiger partial charge in [0.2, 0.25) is 5.91 Å². The summed E-state index contributed by atoms with van der Waals surface area (Å²) in [5, 5.41) is 3.37. The van der Waals surface area contributed by atoms with Crippen LogP contribution in [-0.2, 0) is 18.8 Å². The van der Waals surface area contributed by atoms with Crippen LogP contribution in [0, 0.1) is 5.92 Å². The summed E-state index contributed by atoms with van der Waals surface area (Å²) in [5.41, 5.74) is 1.98. The van der Waals surface area contributed by atoms with Crippen molar-refractivity contribution in [2.45, 2.75) is 70.0 Å². The van der Waals surface area contributed by atoms with Crippen molar-refractivity contribution >= 4 is 53.8 Å². The maximum Gasteiger partial charge on any atom is 0.306 e. The molecular formula is C40H45Cl2NO4Si. The predicted octanol–water partition coefficient (Wildman–Crippen LogP) is 8.59. The van der Waals surface area contributed by atoms with E-state index in [2.05, 4.69) is 82.3 Å². The van der Waals surface area contributed by atoms with Crippen LogP contribution in [0.15, 0.2) is 109 Å². The second-order valence-electron chi connectivity index (χ2n) is 13.7. The number of ether oxygens (including phenoxy) is 1. The summed E-state index contributed by atoms with van der Waals surface area (Å²) in [6.45, 7) is 9.19. The van der Waals surface area contributed by atoms with Crippen LogP contribution in [0.25, 0.3) is 0 Å². The molecule has 0 aromatic heterocycles. The van der Waals surface area contributed by atoms with Crippen LogP contribution < -0.4 is 10.4 Å². The number of nitrogens with zero attached hydrogens (tertiary/aromatic N) is 1. The van der Waals surface area contributed by atoms with Gasteiger partial charge in [-0.3, -0.25) is 9.59 Å². The van der Waals surface area contributed by atoms with Crippen LogP contribution in [0.4, 0.5) is 0 Å². The molecular weight excluding hydrogens is 657 g/mol. The van der Waals surface area contributed by atoms with Crippen LogP contribution >= 0.6 is 23.2 Å². The van der Waals surface area contributed by atoms with E-state index in [4.69, 9.17) is 32.4 Å². The normalized spacial score (nSPS) is 19.2. The molecule has 1 aliphatic heterocycles. The predicted molar refractivity (Wildman–Crippen MR) is 198 cm³/mol. The van der Waals surface area contributed by atoms with Crippen molar-refractivity contribution in [1.82, 2.24) is 4.90 Å². The molecule has 1 fully saturated rings. The molecule has 48 heavy (non-hydrogen) atoms. The van der Waals surface area contributed by atoms with E-state index in [1.807, 2.05) is 59.5 Å². The maximum absolute atomic E-state index is 14.8. The Morgan fingerprint density at radius 1 is 0.854 bits per heavy atom. The van der Waals surface area contributed by atoms with Gasteiger partial charge in [0.25, 0.3) is 8.32 Å². The Hall–Kier alpha value is -3.42. The molecule has 1 heterocycles. The number of benzene rings is 4. The van der Waals surface area contributed by atoms with Gasteiger partial charge in [-0.1, -0.05) is 136 Å². The van der Waals surface area contributed by atoms with E-state index in [9.17, 15) is 9.59 Å². The Balaban J connectivity index is 1.65. The Kier molecular flexibility index (Phi) is 11.5. The van der Waals surface area contributed by atoms with Crippen LogP contribution in [0.3, 0.4) is 0 Å². The molecule has 252 valence electrons. The second-order valence-corrected chi connectivity index (χ2v) is 18.8. The Bertz CT molecular complexity index is 1640. The molecule has 4 aromatic carbocycles. The number of methoxy groups -OCH3 is 1. The molecule has 1 amide bonds. The standard InChI is InChI=1S/C40H45Cl2NO4Si/c1-6-33(27-47-48(40(2,3)4,34-16-9-7-10-17-34)35-18-11-8-12-19-35)43-38(28-20-22-31(41)23-21-28)36(29-14-13-15-32(42)24-29)25-30(39(43)45)26-37(44)46-5/h7-24,30,33,36,38H,6,25-27H2,1-5H3. The van der Waals surface area contributed by atoms with Gasteiger partial charge in [-0.2, -0.15) is 0 Å². The lowest BCUT2D eigenvalue weighted by Crippen LogP contribution is -2.67. The number of hydrogen-bond acceptors (Lipinski definition) is 4. The average molecular weight is 703 g/mol. The molecule has 1 aliphatic rings. The second kappa shape index (κ2) is 15.4. The monoisotopic (exact) mass is 701 g/mol. The fourth-order valence-corrected chi connectivity index (χ4v) is 12.3. The first-order chi connectivity index (χ1) is 23.0. The van der Waals surface area contributed by atoms with Gasteiger partial charge in [-0.15, -0.1) is 0 Å². The number of amides is 1. The Morgan fingerprint density at radius 3 is 1.98 bits per heavy atom. The summed E-state index contributed by atoms with van der Waals surface area (Å²) < 4.78 is 12.5. The zero-order chi connectivity index (χ0) is 34.5. The number of carbonyl (C=O) groups is 2. The molecule has 0 radical (unpaired) electrons.